The first-order chi connectivity index (χ1) is 14.0. The van der Waals surface area contributed by atoms with Gasteiger partial charge in [0.2, 0.25) is 5.95 Å². The summed E-state index contributed by atoms with van der Waals surface area (Å²) in [6.45, 7) is 4.51. The SMILES string of the molecule is Cc1ccc(-n2ncc3c2C=C2CCCC(Cc4ccc(F)nc4)C2(C)C3)cc1. The zero-order valence-corrected chi connectivity index (χ0v) is 17.0. The summed E-state index contributed by atoms with van der Waals surface area (Å²) in [5.74, 6) is 0.126. The van der Waals surface area contributed by atoms with E-state index in [9.17, 15) is 4.39 Å². The highest BCUT2D eigenvalue weighted by Gasteiger charge is 2.43. The highest BCUT2D eigenvalue weighted by Crippen LogP contribution is 2.52. The minimum Gasteiger partial charge on any atom is -0.233 e. The molecule has 1 fully saturated rings. The van der Waals surface area contributed by atoms with Crippen LogP contribution in [0.15, 0.2) is 54.4 Å². The standard InChI is InChI=1S/C25H26FN3/c1-17-6-9-22(10-7-17)29-23-13-21-5-3-4-20(12-18-8-11-24(26)27-15-18)25(21,2)14-19(23)16-28-29/h6-11,13,15-16,20H,3-5,12,14H2,1-2H3. The molecule has 0 spiro atoms. The number of hydrogen-bond donors (Lipinski definition) is 0. The number of nitrogens with zero attached hydrogens (tertiary/aromatic N) is 3. The molecule has 2 atom stereocenters. The second-order valence-corrected chi connectivity index (χ2v) is 8.85. The molecule has 5 rings (SSSR count). The molecule has 0 saturated heterocycles. The summed E-state index contributed by atoms with van der Waals surface area (Å²) in [7, 11) is 0. The van der Waals surface area contributed by atoms with Crippen molar-refractivity contribution in [3.8, 4) is 5.69 Å². The largest absolute Gasteiger partial charge is 0.233 e. The summed E-state index contributed by atoms with van der Waals surface area (Å²) in [4.78, 5) is 3.86. The van der Waals surface area contributed by atoms with Gasteiger partial charge in [0, 0.05) is 6.20 Å². The van der Waals surface area contributed by atoms with E-state index in [1.807, 2.05) is 12.3 Å². The Morgan fingerprint density at radius 3 is 2.72 bits per heavy atom. The monoisotopic (exact) mass is 387 g/mol. The van der Waals surface area contributed by atoms with E-state index in [2.05, 4.69) is 53.9 Å². The molecule has 0 aliphatic heterocycles. The van der Waals surface area contributed by atoms with Crippen LogP contribution in [0.1, 0.15) is 48.6 Å². The van der Waals surface area contributed by atoms with Gasteiger partial charge < -0.3 is 0 Å². The summed E-state index contributed by atoms with van der Waals surface area (Å²) in [6.07, 6.45) is 11.6. The summed E-state index contributed by atoms with van der Waals surface area (Å²) in [6, 6.07) is 11.9. The summed E-state index contributed by atoms with van der Waals surface area (Å²) >= 11 is 0. The van der Waals surface area contributed by atoms with Crippen LogP contribution in [0.4, 0.5) is 4.39 Å². The first-order valence-corrected chi connectivity index (χ1v) is 10.5. The van der Waals surface area contributed by atoms with Crippen LogP contribution < -0.4 is 0 Å². The van der Waals surface area contributed by atoms with Crippen molar-refractivity contribution in [3.63, 3.8) is 0 Å². The van der Waals surface area contributed by atoms with Crippen molar-refractivity contribution in [1.29, 1.82) is 0 Å². The normalized spacial score (nSPS) is 23.3. The van der Waals surface area contributed by atoms with Crippen molar-refractivity contribution >= 4 is 6.08 Å². The number of aryl methyl sites for hydroxylation is 1. The average molecular weight is 388 g/mol. The molecular weight excluding hydrogens is 361 g/mol. The predicted molar refractivity (Wildman–Crippen MR) is 113 cm³/mol. The third-order valence-electron chi connectivity index (χ3n) is 6.94. The van der Waals surface area contributed by atoms with Crippen LogP contribution in [-0.4, -0.2) is 14.8 Å². The smallest absolute Gasteiger partial charge is 0.212 e. The van der Waals surface area contributed by atoms with E-state index in [0.29, 0.717) is 5.92 Å². The van der Waals surface area contributed by atoms with E-state index in [1.54, 1.807) is 6.20 Å². The molecule has 0 amide bonds. The third-order valence-corrected chi connectivity index (χ3v) is 6.94. The quantitative estimate of drug-likeness (QED) is 0.540. The molecule has 2 heterocycles. The highest BCUT2D eigenvalue weighted by molar-refractivity contribution is 5.61. The average Bonchev–Trinajstić information content (AvgIpc) is 3.11. The van der Waals surface area contributed by atoms with Crippen LogP contribution in [-0.2, 0) is 12.8 Å². The van der Waals surface area contributed by atoms with E-state index in [4.69, 9.17) is 5.10 Å². The maximum atomic E-state index is 13.2. The van der Waals surface area contributed by atoms with E-state index in [0.717, 1.165) is 30.5 Å². The number of benzene rings is 1. The van der Waals surface area contributed by atoms with Crippen molar-refractivity contribution in [1.82, 2.24) is 14.8 Å². The molecule has 1 saturated carbocycles. The Bertz CT molecular complexity index is 1060. The van der Waals surface area contributed by atoms with Gasteiger partial charge in [-0.25, -0.2) is 9.67 Å². The lowest BCUT2D eigenvalue weighted by Crippen LogP contribution is -2.38. The third kappa shape index (κ3) is 3.21. The van der Waals surface area contributed by atoms with Crippen molar-refractivity contribution in [2.45, 2.75) is 46.0 Å². The van der Waals surface area contributed by atoms with Gasteiger partial charge in [-0.2, -0.15) is 9.49 Å². The Kier molecular flexibility index (Phi) is 4.38. The lowest BCUT2D eigenvalue weighted by atomic mass is 9.58. The van der Waals surface area contributed by atoms with E-state index < -0.39 is 5.95 Å². The van der Waals surface area contributed by atoms with Crippen molar-refractivity contribution < 1.29 is 4.39 Å². The fourth-order valence-electron chi connectivity index (χ4n) is 5.17. The van der Waals surface area contributed by atoms with Crippen LogP contribution in [0.3, 0.4) is 0 Å². The molecule has 0 bridgehead atoms. The van der Waals surface area contributed by atoms with E-state index in [-0.39, 0.29) is 5.41 Å². The van der Waals surface area contributed by atoms with Crippen LogP contribution >= 0.6 is 0 Å². The van der Waals surface area contributed by atoms with Crippen LogP contribution in [0, 0.1) is 24.2 Å². The van der Waals surface area contributed by atoms with Crippen molar-refractivity contribution in [3.05, 3.63) is 82.7 Å². The van der Waals surface area contributed by atoms with Gasteiger partial charge >= 0.3 is 0 Å². The van der Waals surface area contributed by atoms with Gasteiger partial charge in [0.1, 0.15) is 0 Å². The van der Waals surface area contributed by atoms with E-state index >= 15 is 0 Å². The zero-order chi connectivity index (χ0) is 20.0. The van der Waals surface area contributed by atoms with Gasteiger partial charge in [-0.15, -0.1) is 0 Å². The van der Waals surface area contributed by atoms with Crippen LogP contribution in [0.5, 0.6) is 0 Å². The van der Waals surface area contributed by atoms with E-state index in [1.165, 1.54) is 41.3 Å². The first kappa shape index (κ1) is 18.3. The molecule has 2 aromatic heterocycles. The topological polar surface area (TPSA) is 30.7 Å². The highest BCUT2D eigenvalue weighted by atomic mass is 19.1. The predicted octanol–water partition coefficient (Wildman–Crippen LogP) is 5.70. The molecule has 0 radical (unpaired) electrons. The molecule has 2 aliphatic rings. The number of fused-ring (bicyclic) bond motifs is 2. The molecule has 4 heteroatoms. The Morgan fingerprint density at radius 1 is 1.14 bits per heavy atom. The molecule has 0 N–H and O–H groups in total. The van der Waals surface area contributed by atoms with Crippen molar-refractivity contribution in [2.75, 3.05) is 0 Å². The molecular formula is C25H26FN3. The summed E-state index contributed by atoms with van der Waals surface area (Å²) in [5, 5.41) is 4.73. The molecule has 148 valence electrons. The van der Waals surface area contributed by atoms with Gasteiger partial charge in [0.25, 0.3) is 0 Å². The molecule has 2 unspecified atom stereocenters. The number of aromatic nitrogens is 3. The number of rotatable bonds is 3. The minimum atomic E-state index is -0.407. The molecule has 1 aromatic carbocycles. The minimum absolute atomic E-state index is 0.126. The second-order valence-electron chi connectivity index (χ2n) is 8.85. The maximum Gasteiger partial charge on any atom is 0.212 e. The zero-order valence-electron chi connectivity index (χ0n) is 17.0. The Balaban J connectivity index is 1.48. The van der Waals surface area contributed by atoms with Gasteiger partial charge in [-0.3, -0.25) is 0 Å². The molecule has 3 aromatic rings. The lowest BCUT2D eigenvalue weighted by molar-refractivity contribution is 0.180. The number of allylic oxidation sites excluding steroid dienone is 1. The van der Waals surface area contributed by atoms with Gasteiger partial charge in [0.15, 0.2) is 0 Å². The summed E-state index contributed by atoms with van der Waals surface area (Å²) < 4.78 is 15.3. The fraction of sp³-hybridized carbons (Fsp3) is 0.360. The van der Waals surface area contributed by atoms with Gasteiger partial charge in [-0.1, -0.05) is 36.3 Å². The Labute approximate surface area is 171 Å². The number of hydrogen-bond acceptors (Lipinski definition) is 2. The maximum absolute atomic E-state index is 13.2. The van der Waals surface area contributed by atoms with Crippen molar-refractivity contribution in [2.24, 2.45) is 11.3 Å². The first-order valence-electron chi connectivity index (χ1n) is 10.5. The Morgan fingerprint density at radius 2 is 1.97 bits per heavy atom. The lowest BCUT2D eigenvalue weighted by Gasteiger charge is -2.46. The second kappa shape index (κ2) is 6.94. The summed E-state index contributed by atoms with van der Waals surface area (Å²) in [5.41, 5.74) is 7.70. The molecule has 29 heavy (non-hydrogen) atoms. The van der Waals surface area contributed by atoms with Gasteiger partial charge in [-0.05, 0) is 85.8 Å². The van der Waals surface area contributed by atoms with Crippen LogP contribution in [0.2, 0.25) is 0 Å². The van der Waals surface area contributed by atoms with Gasteiger partial charge in [0.05, 0.1) is 17.6 Å². The number of halogens is 1. The Hall–Kier alpha value is -2.75. The fourth-order valence-corrected chi connectivity index (χ4v) is 5.17. The number of pyridine rings is 1. The van der Waals surface area contributed by atoms with Crippen LogP contribution in [0.25, 0.3) is 11.8 Å². The molecule has 3 nitrogen and oxygen atoms in total. The molecule has 2 aliphatic carbocycles.